The minimum Gasteiger partial charge on any atom is -0.476 e. The fourth-order valence-corrected chi connectivity index (χ4v) is 1.79. The molecule has 1 aromatic heterocycles. The van der Waals surface area contributed by atoms with Gasteiger partial charge in [-0.25, -0.2) is 9.48 Å². The van der Waals surface area contributed by atoms with E-state index in [-0.39, 0.29) is 5.69 Å². The Kier molecular flexibility index (Phi) is 4.68. The molecule has 122 valence electrons. The number of rotatable bonds is 5. The van der Waals surface area contributed by atoms with E-state index in [0.717, 1.165) is 0 Å². The molecule has 9 heteroatoms. The molecular weight excluding hydrogens is 315 g/mol. The van der Waals surface area contributed by atoms with Crippen molar-refractivity contribution in [3.63, 3.8) is 0 Å². The van der Waals surface area contributed by atoms with Crippen LogP contribution in [-0.2, 0) is 4.79 Å². The largest absolute Gasteiger partial charge is 0.476 e. The zero-order chi connectivity index (χ0) is 17.0. The molecule has 2 N–H and O–H groups in total. The van der Waals surface area contributed by atoms with Gasteiger partial charge in [0.25, 0.3) is 0 Å². The average molecular weight is 327 g/mol. The molecule has 0 aliphatic rings. The first kappa shape index (κ1) is 16.5. The maximum atomic E-state index is 12.1. The van der Waals surface area contributed by atoms with Gasteiger partial charge in [-0.1, -0.05) is 6.07 Å². The third kappa shape index (κ3) is 4.83. The number of nitrogens with zero attached hydrogens (tertiary/aromatic N) is 2. The van der Waals surface area contributed by atoms with Crippen LogP contribution in [0.3, 0.4) is 0 Å². The summed E-state index contributed by atoms with van der Waals surface area (Å²) in [5, 5.41) is 15.0. The summed E-state index contributed by atoms with van der Waals surface area (Å²) in [4.78, 5) is 22.3. The molecule has 0 unspecified atom stereocenters. The normalized spacial score (nSPS) is 11.3. The van der Waals surface area contributed by atoms with E-state index >= 15 is 0 Å². The number of halogens is 3. The predicted octanol–water partition coefficient (Wildman–Crippen LogP) is 2.85. The quantitative estimate of drug-likeness (QED) is 0.884. The van der Waals surface area contributed by atoms with Crippen molar-refractivity contribution in [1.82, 2.24) is 9.78 Å². The lowest BCUT2D eigenvalue weighted by Gasteiger charge is -2.09. The van der Waals surface area contributed by atoms with Gasteiger partial charge in [0.15, 0.2) is 5.69 Å². The summed E-state index contributed by atoms with van der Waals surface area (Å²) in [5.74, 6) is -1.94. The van der Waals surface area contributed by atoms with E-state index in [1.54, 1.807) is 12.1 Å². The highest BCUT2D eigenvalue weighted by molar-refractivity contribution is 5.91. The van der Waals surface area contributed by atoms with Crippen molar-refractivity contribution in [3.8, 4) is 5.69 Å². The first-order valence-corrected chi connectivity index (χ1v) is 6.50. The minimum atomic E-state index is -4.39. The molecule has 23 heavy (non-hydrogen) atoms. The van der Waals surface area contributed by atoms with E-state index in [1.807, 2.05) is 0 Å². The number of benzene rings is 1. The molecule has 0 fully saturated rings. The SMILES string of the molecule is O=C(CCC(F)(F)F)Nc1cccc(-n2ccc(C(=O)O)n2)c1. The van der Waals surface area contributed by atoms with Crippen LogP contribution in [0.4, 0.5) is 18.9 Å². The van der Waals surface area contributed by atoms with Crippen LogP contribution < -0.4 is 5.32 Å². The van der Waals surface area contributed by atoms with Gasteiger partial charge in [0.1, 0.15) is 0 Å². The Balaban J connectivity index is 2.07. The number of carbonyl (C=O) groups is 2. The Labute approximate surface area is 128 Å². The van der Waals surface area contributed by atoms with Gasteiger partial charge >= 0.3 is 12.1 Å². The highest BCUT2D eigenvalue weighted by Crippen LogP contribution is 2.22. The van der Waals surface area contributed by atoms with Crippen LogP contribution in [0.15, 0.2) is 36.5 Å². The van der Waals surface area contributed by atoms with Gasteiger partial charge in [-0.2, -0.15) is 18.3 Å². The van der Waals surface area contributed by atoms with Crippen molar-refractivity contribution in [2.75, 3.05) is 5.32 Å². The average Bonchev–Trinajstić information content (AvgIpc) is 2.95. The molecule has 0 radical (unpaired) electrons. The highest BCUT2D eigenvalue weighted by Gasteiger charge is 2.27. The van der Waals surface area contributed by atoms with Gasteiger partial charge in [-0.05, 0) is 24.3 Å². The van der Waals surface area contributed by atoms with Crippen LogP contribution in [0.25, 0.3) is 5.69 Å². The molecular formula is C14H12F3N3O3. The molecule has 1 aromatic carbocycles. The van der Waals surface area contributed by atoms with Crippen molar-refractivity contribution in [2.45, 2.75) is 19.0 Å². The van der Waals surface area contributed by atoms with Crippen LogP contribution in [-0.4, -0.2) is 32.9 Å². The monoisotopic (exact) mass is 327 g/mol. The number of carbonyl (C=O) groups excluding carboxylic acids is 1. The minimum absolute atomic E-state index is 0.149. The summed E-state index contributed by atoms with van der Waals surface area (Å²) in [7, 11) is 0. The van der Waals surface area contributed by atoms with Gasteiger partial charge in [-0.3, -0.25) is 4.79 Å². The number of aromatic nitrogens is 2. The highest BCUT2D eigenvalue weighted by atomic mass is 19.4. The first-order chi connectivity index (χ1) is 10.7. The van der Waals surface area contributed by atoms with Gasteiger partial charge in [0.2, 0.25) is 5.91 Å². The van der Waals surface area contributed by atoms with E-state index in [9.17, 15) is 22.8 Å². The van der Waals surface area contributed by atoms with E-state index in [1.165, 1.54) is 29.1 Å². The van der Waals surface area contributed by atoms with Crippen LogP contribution in [0.1, 0.15) is 23.3 Å². The molecule has 2 rings (SSSR count). The molecule has 1 amide bonds. The number of hydrogen-bond donors (Lipinski definition) is 2. The number of hydrogen-bond acceptors (Lipinski definition) is 3. The third-order valence-electron chi connectivity index (χ3n) is 2.84. The van der Waals surface area contributed by atoms with Crippen LogP contribution in [0.2, 0.25) is 0 Å². The number of alkyl halides is 3. The lowest BCUT2D eigenvalue weighted by Crippen LogP contribution is -2.16. The number of carboxylic acids is 1. The summed E-state index contributed by atoms with van der Waals surface area (Å²) in [5.41, 5.74) is 0.609. The van der Waals surface area contributed by atoms with E-state index < -0.39 is 30.9 Å². The standard InChI is InChI=1S/C14H12F3N3O3/c15-14(16,17)6-4-12(21)18-9-2-1-3-10(8-9)20-7-5-11(19-20)13(22)23/h1-3,5,7-8H,4,6H2,(H,18,21)(H,22,23). The van der Waals surface area contributed by atoms with Gasteiger partial charge in [0, 0.05) is 18.3 Å². The number of nitrogens with one attached hydrogen (secondary N) is 1. The van der Waals surface area contributed by atoms with Gasteiger partial charge in [0.05, 0.1) is 12.1 Å². The number of anilines is 1. The fourth-order valence-electron chi connectivity index (χ4n) is 1.79. The third-order valence-corrected chi connectivity index (χ3v) is 2.84. The first-order valence-electron chi connectivity index (χ1n) is 6.50. The molecule has 1 heterocycles. The topological polar surface area (TPSA) is 84.2 Å². The summed E-state index contributed by atoms with van der Waals surface area (Å²) in [6, 6.07) is 7.47. The van der Waals surface area contributed by atoms with Crippen molar-refractivity contribution in [2.24, 2.45) is 0 Å². The second kappa shape index (κ2) is 6.51. The van der Waals surface area contributed by atoms with Crippen molar-refractivity contribution < 1.29 is 27.9 Å². The lowest BCUT2D eigenvalue weighted by molar-refractivity contribution is -0.142. The number of carboxylic acid groups (broad SMARTS) is 1. The molecule has 0 aliphatic carbocycles. The Morgan fingerprint density at radius 3 is 2.61 bits per heavy atom. The maximum Gasteiger partial charge on any atom is 0.389 e. The van der Waals surface area contributed by atoms with E-state index in [0.29, 0.717) is 11.4 Å². The summed E-state index contributed by atoms with van der Waals surface area (Å²) in [6.45, 7) is 0. The molecule has 2 aromatic rings. The van der Waals surface area contributed by atoms with Crippen molar-refractivity contribution in [1.29, 1.82) is 0 Å². The Morgan fingerprint density at radius 1 is 1.26 bits per heavy atom. The summed E-state index contributed by atoms with van der Waals surface area (Å²) >= 11 is 0. The smallest absolute Gasteiger partial charge is 0.389 e. The van der Waals surface area contributed by atoms with Gasteiger partial charge in [-0.15, -0.1) is 0 Å². The Bertz CT molecular complexity index is 725. The molecule has 0 aliphatic heterocycles. The summed E-state index contributed by atoms with van der Waals surface area (Å²) < 4.78 is 37.5. The lowest BCUT2D eigenvalue weighted by atomic mass is 10.2. The second-order valence-electron chi connectivity index (χ2n) is 4.66. The molecule has 0 saturated heterocycles. The molecule has 6 nitrogen and oxygen atoms in total. The zero-order valence-corrected chi connectivity index (χ0v) is 11.7. The van der Waals surface area contributed by atoms with Crippen molar-refractivity contribution in [3.05, 3.63) is 42.2 Å². The number of aromatic carboxylic acids is 1. The van der Waals surface area contributed by atoms with Gasteiger partial charge < -0.3 is 10.4 Å². The van der Waals surface area contributed by atoms with E-state index in [2.05, 4.69) is 10.4 Å². The fraction of sp³-hybridized carbons (Fsp3) is 0.214. The molecule has 0 spiro atoms. The Hall–Kier alpha value is -2.84. The van der Waals surface area contributed by atoms with Crippen molar-refractivity contribution >= 4 is 17.6 Å². The van der Waals surface area contributed by atoms with Crippen LogP contribution in [0.5, 0.6) is 0 Å². The molecule has 0 atom stereocenters. The molecule has 0 saturated carbocycles. The molecule has 0 bridgehead atoms. The number of amides is 1. The van der Waals surface area contributed by atoms with Crippen LogP contribution in [0, 0.1) is 0 Å². The Morgan fingerprint density at radius 2 is 2.00 bits per heavy atom. The second-order valence-corrected chi connectivity index (χ2v) is 4.66. The summed E-state index contributed by atoms with van der Waals surface area (Å²) in [6.07, 6.45) is -4.83. The predicted molar refractivity (Wildman–Crippen MR) is 74.4 cm³/mol. The van der Waals surface area contributed by atoms with Crippen LogP contribution >= 0.6 is 0 Å². The van der Waals surface area contributed by atoms with E-state index in [4.69, 9.17) is 5.11 Å². The zero-order valence-electron chi connectivity index (χ0n) is 11.7. The maximum absolute atomic E-state index is 12.1.